The van der Waals surface area contributed by atoms with E-state index >= 15 is 0 Å². The quantitative estimate of drug-likeness (QED) is 0.505. The molecule has 2 aromatic rings. The number of anilines is 1. The fourth-order valence-electron chi connectivity index (χ4n) is 1.89. The molecule has 0 fully saturated rings. The maximum Gasteiger partial charge on any atom is 0.269 e. The molecule has 5 nitrogen and oxygen atoms in total. The number of nitrogens with one attached hydrogen (secondary N) is 1. The van der Waals surface area contributed by atoms with Gasteiger partial charge in [0, 0.05) is 17.8 Å². The van der Waals surface area contributed by atoms with Crippen LogP contribution in [0.4, 0.5) is 24.5 Å². The number of nitro benzene ring substituents is 1. The molecular weight excluding hydrogens is 301 g/mol. The first-order valence-electron chi connectivity index (χ1n) is 6.18. The fraction of sp³-hybridized carbons (Fsp3) is 0.143. The van der Waals surface area contributed by atoms with Crippen molar-refractivity contribution < 1.29 is 23.2 Å². The molecule has 0 saturated heterocycles. The molecule has 0 aliphatic heterocycles. The molecule has 8 heteroatoms. The van der Waals surface area contributed by atoms with Crippen LogP contribution in [0.15, 0.2) is 36.4 Å². The van der Waals surface area contributed by atoms with Crippen molar-refractivity contribution in [2.45, 2.75) is 6.04 Å². The Hall–Kier alpha value is -2.61. The molecule has 0 amide bonds. The average molecular weight is 312 g/mol. The normalized spacial score (nSPS) is 12.0. The lowest BCUT2D eigenvalue weighted by Crippen LogP contribution is -2.16. The molecule has 0 aliphatic rings. The van der Waals surface area contributed by atoms with E-state index in [9.17, 15) is 28.4 Å². The predicted molar refractivity (Wildman–Crippen MR) is 72.9 cm³/mol. The molecule has 0 saturated carbocycles. The molecule has 116 valence electrons. The molecule has 0 spiro atoms. The summed E-state index contributed by atoms with van der Waals surface area (Å²) in [7, 11) is 0. The van der Waals surface area contributed by atoms with Crippen LogP contribution >= 0.6 is 0 Å². The molecule has 0 unspecified atom stereocenters. The lowest BCUT2D eigenvalue weighted by atomic mass is 10.1. The molecule has 22 heavy (non-hydrogen) atoms. The zero-order valence-electron chi connectivity index (χ0n) is 11.1. The van der Waals surface area contributed by atoms with Crippen LogP contribution in [0.2, 0.25) is 0 Å². The van der Waals surface area contributed by atoms with E-state index in [1.54, 1.807) is 0 Å². The van der Waals surface area contributed by atoms with Gasteiger partial charge in [-0.2, -0.15) is 0 Å². The lowest BCUT2D eigenvalue weighted by molar-refractivity contribution is -0.384. The minimum atomic E-state index is -1.59. The van der Waals surface area contributed by atoms with Crippen molar-refractivity contribution >= 4 is 11.4 Å². The van der Waals surface area contributed by atoms with Crippen molar-refractivity contribution in [1.82, 2.24) is 0 Å². The van der Waals surface area contributed by atoms with Crippen LogP contribution in [-0.4, -0.2) is 16.6 Å². The van der Waals surface area contributed by atoms with E-state index in [4.69, 9.17) is 0 Å². The monoisotopic (exact) mass is 312 g/mol. The molecule has 1 atom stereocenters. The van der Waals surface area contributed by atoms with Crippen LogP contribution in [-0.2, 0) is 0 Å². The molecule has 0 radical (unpaired) electrons. The van der Waals surface area contributed by atoms with Crippen molar-refractivity contribution in [1.29, 1.82) is 0 Å². The van der Waals surface area contributed by atoms with E-state index in [2.05, 4.69) is 5.32 Å². The number of non-ortho nitro benzene ring substituents is 1. The van der Waals surface area contributed by atoms with Gasteiger partial charge in [-0.15, -0.1) is 0 Å². The summed E-state index contributed by atoms with van der Waals surface area (Å²) in [6.45, 7) is -0.512. The maximum absolute atomic E-state index is 13.2. The van der Waals surface area contributed by atoms with Crippen LogP contribution in [0.3, 0.4) is 0 Å². The van der Waals surface area contributed by atoms with E-state index in [-0.39, 0.29) is 11.3 Å². The van der Waals surface area contributed by atoms with Gasteiger partial charge in [0.25, 0.3) is 5.69 Å². The summed E-state index contributed by atoms with van der Waals surface area (Å²) >= 11 is 0. The van der Waals surface area contributed by atoms with Crippen molar-refractivity contribution in [3.05, 3.63) is 69.5 Å². The standard InChI is InChI=1S/C14H11F3N2O3/c15-11-5-8(6-12(16)14(11)17)13(7-20)18-9-1-3-10(4-2-9)19(21)22/h1-6,13,18,20H,7H2/t13-/m0/s1. The smallest absolute Gasteiger partial charge is 0.269 e. The minimum absolute atomic E-state index is 0.0113. The van der Waals surface area contributed by atoms with Gasteiger partial charge in [0.1, 0.15) is 0 Å². The topological polar surface area (TPSA) is 75.4 Å². The molecule has 0 aromatic heterocycles. The van der Waals surface area contributed by atoms with Crippen molar-refractivity contribution in [3.8, 4) is 0 Å². The van der Waals surface area contributed by atoms with Crippen LogP contribution in [0.5, 0.6) is 0 Å². The first-order chi connectivity index (χ1) is 10.4. The summed E-state index contributed by atoms with van der Waals surface area (Å²) in [5.41, 5.74) is 0.289. The molecule has 2 rings (SSSR count). The molecule has 2 aromatic carbocycles. The Morgan fingerprint density at radius 1 is 1.14 bits per heavy atom. The summed E-state index contributed by atoms with van der Waals surface area (Å²) in [6.07, 6.45) is 0. The zero-order valence-corrected chi connectivity index (χ0v) is 11.1. The van der Waals surface area contributed by atoms with Crippen LogP contribution < -0.4 is 5.32 Å². The number of hydrogen-bond donors (Lipinski definition) is 2. The van der Waals surface area contributed by atoms with Crippen molar-refractivity contribution in [3.63, 3.8) is 0 Å². The van der Waals surface area contributed by atoms with E-state index in [1.807, 2.05) is 0 Å². The van der Waals surface area contributed by atoms with Gasteiger partial charge >= 0.3 is 0 Å². The summed E-state index contributed by atoms with van der Waals surface area (Å²) in [4.78, 5) is 9.97. The van der Waals surface area contributed by atoms with Gasteiger partial charge in [-0.3, -0.25) is 10.1 Å². The van der Waals surface area contributed by atoms with E-state index in [0.717, 1.165) is 12.1 Å². The second-order valence-electron chi connectivity index (χ2n) is 4.48. The van der Waals surface area contributed by atoms with Gasteiger partial charge in [0.15, 0.2) is 17.5 Å². The number of rotatable bonds is 5. The third-order valence-corrected chi connectivity index (χ3v) is 3.01. The Kier molecular flexibility index (Phi) is 4.62. The highest BCUT2D eigenvalue weighted by molar-refractivity contribution is 5.50. The lowest BCUT2D eigenvalue weighted by Gasteiger charge is -2.18. The van der Waals surface area contributed by atoms with Gasteiger partial charge < -0.3 is 10.4 Å². The van der Waals surface area contributed by atoms with E-state index in [0.29, 0.717) is 5.69 Å². The Bertz CT molecular complexity index is 669. The van der Waals surface area contributed by atoms with Gasteiger partial charge in [-0.1, -0.05) is 0 Å². The van der Waals surface area contributed by atoms with Gasteiger partial charge in [-0.25, -0.2) is 13.2 Å². The third kappa shape index (κ3) is 3.34. The molecule has 2 N–H and O–H groups in total. The van der Waals surface area contributed by atoms with E-state index < -0.39 is 35.0 Å². The Balaban J connectivity index is 2.23. The third-order valence-electron chi connectivity index (χ3n) is 3.01. The second-order valence-corrected chi connectivity index (χ2v) is 4.48. The summed E-state index contributed by atoms with van der Waals surface area (Å²) in [5, 5.41) is 22.6. The SMILES string of the molecule is O=[N+]([O-])c1ccc(N[C@@H](CO)c2cc(F)c(F)c(F)c2)cc1. The number of benzene rings is 2. The molecular formula is C14H11F3N2O3. The summed E-state index contributed by atoms with van der Waals surface area (Å²) in [5.74, 6) is -4.31. The van der Waals surface area contributed by atoms with Crippen molar-refractivity contribution in [2.24, 2.45) is 0 Å². The molecule has 0 aliphatic carbocycles. The predicted octanol–water partition coefficient (Wildman–Crippen LogP) is 3.16. The minimum Gasteiger partial charge on any atom is -0.394 e. The number of nitrogens with zero attached hydrogens (tertiary/aromatic N) is 1. The number of hydrogen-bond acceptors (Lipinski definition) is 4. The summed E-state index contributed by atoms with van der Waals surface area (Å²) < 4.78 is 39.4. The first kappa shape index (κ1) is 15.8. The number of nitro groups is 1. The summed E-state index contributed by atoms with van der Waals surface area (Å²) in [6, 6.07) is 5.90. The fourth-order valence-corrected chi connectivity index (χ4v) is 1.89. The highest BCUT2D eigenvalue weighted by atomic mass is 19.2. The molecule has 0 heterocycles. The number of aliphatic hydroxyl groups excluding tert-OH is 1. The highest BCUT2D eigenvalue weighted by Gasteiger charge is 2.17. The number of halogens is 3. The van der Waals surface area contributed by atoms with Crippen LogP contribution in [0.1, 0.15) is 11.6 Å². The second kappa shape index (κ2) is 6.44. The Morgan fingerprint density at radius 3 is 2.14 bits per heavy atom. The maximum atomic E-state index is 13.2. The van der Waals surface area contributed by atoms with E-state index in [1.165, 1.54) is 24.3 Å². The number of aliphatic hydroxyl groups is 1. The average Bonchev–Trinajstić information content (AvgIpc) is 2.50. The van der Waals surface area contributed by atoms with Gasteiger partial charge in [0.2, 0.25) is 0 Å². The Labute approximate surface area is 123 Å². The largest absolute Gasteiger partial charge is 0.394 e. The van der Waals surface area contributed by atoms with Crippen LogP contribution in [0.25, 0.3) is 0 Å². The van der Waals surface area contributed by atoms with Crippen LogP contribution in [0, 0.1) is 27.6 Å². The molecule has 0 bridgehead atoms. The first-order valence-corrected chi connectivity index (χ1v) is 6.18. The van der Waals surface area contributed by atoms with Gasteiger partial charge in [0.05, 0.1) is 17.6 Å². The Morgan fingerprint density at radius 2 is 1.68 bits per heavy atom. The van der Waals surface area contributed by atoms with Crippen molar-refractivity contribution in [2.75, 3.05) is 11.9 Å². The zero-order chi connectivity index (χ0) is 16.3. The highest BCUT2D eigenvalue weighted by Crippen LogP contribution is 2.24. The van der Waals surface area contributed by atoms with Gasteiger partial charge in [-0.05, 0) is 29.8 Å².